The Hall–Kier alpha value is -2.32. The van der Waals surface area contributed by atoms with E-state index in [1.165, 1.54) is 4.90 Å². The standard InChI is InChI=1S/C21H38N4O5/c1-8-13(4)16(17(22)26)23-18(27)14-10-9-11-25(14)19(28)15(12(2)3)24-20(29)30-21(5,6)7/h12-16H,8-11H2,1-7H3,(H2,22,26)(H,23,27)(H,24,29)/t13-,14+,15-,16-/m1/s1. The normalized spacial score (nSPS) is 19.7. The summed E-state index contributed by atoms with van der Waals surface area (Å²) in [5.41, 5.74) is 4.76. The van der Waals surface area contributed by atoms with Gasteiger partial charge in [-0.15, -0.1) is 0 Å². The van der Waals surface area contributed by atoms with Crippen LogP contribution >= 0.6 is 0 Å². The van der Waals surface area contributed by atoms with Gasteiger partial charge >= 0.3 is 6.09 Å². The fourth-order valence-electron chi connectivity index (χ4n) is 3.41. The van der Waals surface area contributed by atoms with Gasteiger partial charge in [0, 0.05) is 6.54 Å². The number of carbonyl (C=O) groups is 4. The lowest BCUT2D eigenvalue weighted by molar-refractivity contribution is -0.141. The van der Waals surface area contributed by atoms with Crippen molar-refractivity contribution in [2.45, 2.75) is 91.5 Å². The highest BCUT2D eigenvalue weighted by molar-refractivity contribution is 5.94. The van der Waals surface area contributed by atoms with Crippen LogP contribution in [0.2, 0.25) is 0 Å². The van der Waals surface area contributed by atoms with Crippen LogP contribution in [0.5, 0.6) is 0 Å². The van der Waals surface area contributed by atoms with E-state index in [9.17, 15) is 19.2 Å². The number of amides is 4. The van der Waals surface area contributed by atoms with E-state index < -0.39 is 41.6 Å². The van der Waals surface area contributed by atoms with Crippen molar-refractivity contribution < 1.29 is 23.9 Å². The van der Waals surface area contributed by atoms with Crippen molar-refractivity contribution in [1.29, 1.82) is 0 Å². The summed E-state index contributed by atoms with van der Waals surface area (Å²) in [6, 6.07) is -2.32. The first-order valence-corrected chi connectivity index (χ1v) is 10.7. The summed E-state index contributed by atoms with van der Waals surface area (Å²) in [5, 5.41) is 5.35. The Balaban J connectivity index is 2.93. The van der Waals surface area contributed by atoms with E-state index in [0.29, 0.717) is 25.8 Å². The molecule has 0 spiro atoms. The summed E-state index contributed by atoms with van der Waals surface area (Å²) in [6.45, 7) is 13.0. The zero-order chi connectivity index (χ0) is 23.2. The highest BCUT2D eigenvalue weighted by atomic mass is 16.6. The molecule has 0 bridgehead atoms. The zero-order valence-corrected chi connectivity index (χ0v) is 19.3. The third-order valence-electron chi connectivity index (χ3n) is 5.26. The van der Waals surface area contributed by atoms with Crippen LogP contribution in [-0.4, -0.2) is 59.0 Å². The summed E-state index contributed by atoms with van der Waals surface area (Å²) >= 11 is 0. The summed E-state index contributed by atoms with van der Waals surface area (Å²) < 4.78 is 5.27. The first kappa shape index (κ1) is 25.7. The lowest BCUT2D eigenvalue weighted by Crippen LogP contribution is -2.58. The molecule has 4 N–H and O–H groups in total. The molecule has 0 saturated carbocycles. The van der Waals surface area contributed by atoms with Crippen molar-refractivity contribution >= 4 is 23.8 Å². The maximum atomic E-state index is 13.2. The quantitative estimate of drug-likeness (QED) is 0.542. The number of hydrogen-bond acceptors (Lipinski definition) is 5. The van der Waals surface area contributed by atoms with Gasteiger partial charge in [0.2, 0.25) is 17.7 Å². The first-order chi connectivity index (χ1) is 13.8. The van der Waals surface area contributed by atoms with Crippen molar-refractivity contribution in [1.82, 2.24) is 15.5 Å². The van der Waals surface area contributed by atoms with Crippen LogP contribution in [0.25, 0.3) is 0 Å². The second kappa shape index (κ2) is 10.6. The molecule has 0 aromatic heterocycles. The van der Waals surface area contributed by atoms with Crippen LogP contribution in [0.1, 0.15) is 67.7 Å². The van der Waals surface area contributed by atoms with Gasteiger partial charge in [0.15, 0.2) is 0 Å². The second-order valence-electron chi connectivity index (χ2n) is 9.33. The lowest BCUT2D eigenvalue weighted by atomic mass is 9.98. The molecule has 30 heavy (non-hydrogen) atoms. The molecular weight excluding hydrogens is 388 g/mol. The van der Waals surface area contributed by atoms with E-state index in [-0.39, 0.29) is 17.7 Å². The number of ether oxygens (including phenoxy) is 1. The number of nitrogens with two attached hydrogens (primary N) is 1. The highest BCUT2D eigenvalue weighted by Gasteiger charge is 2.40. The smallest absolute Gasteiger partial charge is 0.408 e. The van der Waals surface area contributed by atoms with Crippen LogP contribution in [0.4, 0.5) is 4.79 Å². The molecule has 1 saturated heterocycles. The summed E-state index contributed by atoms with van der Waals surface area (Å²) in [4.78, 5) is 51.5. The van der Waals surface area contributed by atoms with Crippen molar-refractivity contribution in [3.63, 3.8) is 0 Å². The van der Waals surface area contributed by atoms with E-state index in [1.807, 2.05) is 27.7 Å². The predicted octanol–water partition coefficient (Wildman–Crippen LogP) is 1.54. The number of rotatable bonds is 8. The number of nitrogens with one attached hydrogen (secondary N) is 2. The molecule has 9 nitrogen and oxygen atoms in total. The number of hydrogen-bond donors (Lipinski definition) is 3. The molecule has 4 atom stereocenters. The fraction of sp³-hybridized carbons (Fsp3) is 0.810. The van der Waals surface area contributed by atoms with Crippen LogP contribution < -0.4 is 16.4 Å². The van der Waals surface area contributed by atoms with Crippen LogP contribution in [0, 0.1) is 11.8 Å². The minimum atomic E-state index is -0.824. The predicted molar refractivity (Wildman–Crippen MR) is 113 cm³/mol. The molecular formula is C21H38N4O5. The Morgan fingerprint density at radius 1 is 1.10 bits per heavy atom. The Morgan fingerprint density at radius 3 is 2.17 bits per heavy atom. The van der Waals surface area contributed by atoms with Crippen molar-refractivity contribution in [2.24, 2.45) is 17.6 Å². The van der Waals surface area contributed by atoms with Gasteiger partial charge in [0.05, 0.1) is 0 Å². The minimum absolute atomic E-state index is 0.116. The maximum absolute atomic E-state index is 13.2. The van der Waals surface area contributed by atoms with Gasteiger partial charge in [0.25, 0.3) is 0 Å². The molecule has 1 rings (SSSR count). The number of primary amides is 1. The van der Waals surface area contributed by atoms with Crippen LogP contribution in [0.3, 0.4) is 0 Å². The van der Waals surface area contributed by atoms with E-state index >= 15 is 0 Å². The van der Waals surface area contributed by atoms with Crippen molar-refractivity contribution in [2.75, 3.05) is 6.54 Å². The molecule has 1 heterocycles. The third kappa shape index (κ3) is 7.18. The van der Waals surface area contributed by atoms with E-state index in [0.717, 1.165) is 0 Å². The Labute approximate surface area is 179 Å². The number of nitrogens with zero attached hydrogens (tertiary/aromatic N) is 1. The Bertz CT molecular complexity index is 644. The molecule has 172 valence electrons. The summed E-state index contributed by atoms with van der Waals surface area (Å²) in [5.74, 6) is -1.65. The van der Waals surface area contributed by atoms with Gasteiger partial charge < -0.3 is 26.0 Å². The van der Waals surface area contributed by atoms with Gasteiger partial charge in [-0.2, -0.15) is 0 Å². The van der Waals surface area contributed by atoms with Gasteiger partial charge in [-0.05, 0) is 45.4 Å². The molecule has 0 aromatic rings. The van der Waals surface area contributed by atoms with Gasteiger partial charge in [-0.1, -0.05) is 34.1 Å². The van der Waals surface area contributed by atoms with E-state index in [1.54, 1.807) is 20.8 Å². The highest BCUT2D eigenvalue weighted by Crippen LogP contribution is 2.21. The van der Waals surface area contributed by atoms with E-state index in [4.69, 9.17) is 10.5 Å². The fourth-order valence-corrected chi connectivity index (χ4v) is 3.41. The van der Waals surface area contributed by atoms with Crippen molar-refractivity contribution in [3.8, 4) is 0 Å². The van der Waals surface area contributed by atoms with Crippen LogP contribution in [-0.2, 0) is 19.1 Å². The minimum Gasteiger partial charge on any atom is -0.444 e. The summed E-state index contributed by atoms with van der Waals surface area (Å²) in [6.07, 6.45) is 1.14. The molecule has 0 radical (unpaired) electrons. The van der Waals surface area contributed by atoms with E-state index in [2.05, 4.69) is 10.6 Å². The number of carbonyl (C=O) groups excluding carboxylic acids is 4. The largest absolute Gasteiger partial charge is 0.444 e. The van der Waals surface area contributed by atoms with Crippen LogP contribution in [0.15, 0.2) is 0 Å². The summed E-state index contributed by atoms with van der Waals surface area (Å²) in [7, 11) is 0. The third-order valence-corrected chi connectivity index (χ3v) is 5.26. The lowest BCUT2D eigenvalue weighted by Gasteiger charge is -2.32. The topological polar surface area (TPSA) is 131 Å². The maximum Gasteiger partial charge on any atom is 0.408 e. The molecule has 1 aliphatic rings. The van der Waals surface area contributed by atoms with Gasteiger partial charge in [-0.25, -0.2) is 4.79 Å². The molecule has 1 fully saturated rings. The van der Waals surface area contributed by atoms with Crippen molar-refractivity contribution in [3.05, 3.63) is 0 Å². The molecule has 0 unspecified atom stereocenters. The molecule has 9 heteroatoms. The Morgan fingerprint density at radius 2 is 1.70 bits per heavy atom. The molecule has 1 aliphatic heterocycles. The molecule has 0 aliphatic carbocycles. The van der Waals surface area contributed by atoms with Gasteiger partial charge in [-0.3, -0.25) is 14.4 Å². The first-order valence-electron chi connectivity index (χ1n) is 10.7. The zero-order valence-electron chi connectivity index (χ0n) is 19.3. The number of alkyl carbamates (subject to hydrolysis) is 1. The average molecular weight is 427 g/mol. The number of likely N-dealkylation sites (tertiary alicyclic amines) is 1. The average Bonchev–Trinajstić information content (AvgIpc) is 3.10. The SMILES string of the molecule is CC[C@@H](C)[C@@H](NC(=O)[C@@H]1CCCN1C(=O)[C@H](NC(=O)OC(C)(C)C)C(C)C)C(N)=O. The second-order valence-corrected chi connectivity index (χ2v) is 9.33. The van der Waals surface area contributed by atoms with Gasteiger partial charge in [0.1, 0.15) is 23.7 Å². The Kier molecular flexibility index (Phi) is 9.11. The molecule has 4 amide bonds. The monoisotopic (exact) mass is 426 g/mol. The molecule has 0 aromatic carbocycles.